The first-order valence-corrected chi connectivity index (χ1v) is 14.5. The number of benzene rings is 1. The molecule has 5 rings (SSSR count). The zero-order chi connectivity index (χ0) is 27.0. The molecule has 1 aromatic carbocycles. The van der Waals surface area contributed by atoms with E-state index in [2.05, 4.69) is 10.3 Å². The fourth-order valence-corrected chi connectivity index (χ4v) is 6.03. The van der Waals surface area contributed by atoms with Crippen molar-refractivity contribution >= 4 is 27.6 Å². The number of hydrogen-bond donors (Lipinski definition) is 1. The molecule has 3 atom stereocenters. The van der Waals surface area contributed by atoms with Crippen LogP contribution in [0.4, 0.5) is 0 Å². The third kappa shape index (κ3) is 5.37. The predicted molar refractivity (Wildman–Crippen MR) is 137 cm³/mol. The average molecular weight is 542 g/mol. The van der Waals surface area contributed by atoms with Gasteiger partial charge in [-0.05, 0) is 36.2 Å². The molecule has 0 spiro atoms. The third-order valence-electron chi connectivity index (χ3n) is 7.40. The minimum atomic E-state index is -3.32. The largest absolute Gasteiger partial charge is 0.475 e. The molecule has 2 fully saturated rings. The Labute approximate surface area is 221 Å². The summed E-state index contributed by atoms with van der Waals surface area (Å²) in [5.74, 6) is -0.278. The molecule has 3 aliphatic rings. The highest BCUT2D eigenvalue weighted by Crippen LogP contribution is 2.27. The molecule has 2 aromatic rings. The van der Waals surface area contributed by atoms with Gasteiger partial charge in [-0.25, -0.2) is 13.4 Å². The van der Waals surface area contributed by atoms with Gasteiger partial charge in [0.05, 0.1) is 17.0 Å². The first-order valence-electron chi connectivity index (χ1n) is 12.6. The van der Waals surface area contributed by atoms with Crippen molar-refractivity contribution in [2.24, 2.45) is 0 Å². The number of likely N-dealkylation sites (tertiary alicyclic amines) is 1. The van der Waals surface area contributed by atoms with Gasteiger partial charge in [0.1, 0.15) is 12.2 Å². The smallest absolute Gasteiger partial charge is 0.257 e. The highest BCUT2D eigenvalue weighted by atomic mass is 32.2. The van der Waals surface area contributed by atoms with Crippen LogP contribution < -0.4 is 10.1 Å². The van der Waals surface area contributed by atoms with E-state index in [4.69, 9.17) is 4.74 Å². The zero-order valence-corrected chi connectivity index (χ0v) is 22.2. The van der Waals surface area contributed by atoms with Crippen LogP contribution in [-0.2, 0) is 26.0 Å². The molecule has 1 N–H and O–H groups in total. The lowest BCUT2D eigenvalue weighted by Crippen LogP contribution is -2.61. The number of nitrogens with one attached hydrogen (secondary N) is 1. The van der Waals surface area contributed by atoms with E-state index < -0.39 is 21.9 Å². The number of piperazine rings is 1. The molecule has 202 valence electrons. The summed E-state index contributed by atoms with van der Waals surface area (Å²) < 4.78 is 29.7. The van der Waals surface area contributed by atoms with Crippen molar-refractivity contribution in [3.05, 3.63) is 53.7 Å². The van der Waals surface area contributed by atoms with Gasteiger partial charge in [-0.15, -0.1) is 0 Å². The third-order valence-corrected chi connectivity index (χ3v) is 8.53. The number of pyridine rings is 1. The number of ether oxygens (including phenoxy) is 1. The van der Waals surface area contributed by atoms with Crippen molar-refractivity contribution < 1.29 is 27.5 Å². The van der Waals surface area contributed by atoms with E-state index in [9.17, 15) is 22.8 Å². The van der Waals surface area contributed by atoms with E-state index in [0.717, 1.165) is 11.8 Å². The molecule has 1 aromatic heterocycles. The molecule has 12 heteroatoms. The minimum absolute atomic E-state index is 0.0683. The van der Waals surface area contributed by atoms with E-state index in [0.29, 0.717) is 44.7 Å². The molecule has 3 aliphatic heterocycles. The minimum Gasteiger partial charge on any atom is -0.475 e. The van der Waals surface area contributed by atoms with Crippen LogP contribution in [-0.4, -0.2) is 103 Å². The molecule has 0 saturated carbocycles. The second-order valence-corrected chi connectivity index (χ2v) is 12.1. The summed E-state index contributed by atoms with van der Waals surface area (Å²) in [5, 5.41) is 3.04. The summed E-state index contributed by atoms with van der Waals surface area (Å²) in [6.45, 7) is 3.62. The Morgan fingerprint density at radius 1 is 1.13 bits per heavy atom. The van der Waals surface area contributed by atoms with Crippen molar-refractivity contribution in [1.29, 1.82) is 0 Å². The fourth-order valence-electron chi connectivity index (χ4n) is 5.40. The van der Waals surface area contributed by atoms with Gasteiger partial charge in [-0.2, -0.15) is 0 Å². The number of hydrogen-bond acceptors (Lipinski definition) is 8. The molecule has 4 heterocycles. The van der Waals surface area contributed by atoms with Gasteiger partial charge >= 0.3 is 0 Å². The quantitative estimate of drug-likeness (QED) is 0.588. The summed E-state index contributed by atoms with van der Waals surface area (Å²) in [4.78, 5) is 49.2. The first kappa shape index (κ1) is 26.1. The summed E-state index contributed by atoms with van der Waals surface area (Å²) in [5.41, 5.74) is 1.18. The average Bonchev–Trinajstić information content (AvgIpc) is 3.28. The topological polar surface area (TPSA) is 129 Å². The molecular formula is C26H31N5O6S. The van der Waals surface area contributed by atoms with Gasteiger partial charge in [0, 0.05) is 58.1 Å². The summed E-state index contributed by atoms with van der Waals surface area (Å²) in [6.07, 6.45) is 3.14. The Morgan fingerprint density at radius 2 is 1.89 bits per heavy atom. The Morgan fingerprint density at radius 3 is 2.61 bits per heavy atom. The maximum Gasteiger partial charge on any atom is 0.257 e. The van der Waals surface area contributed by atoms with Crippen molar-refractivity contribution in [2.75, 3.05) is 39.0 Å². The molecule has 0 unspecified atom stereocenters. The Hall–Kier alpha value is -3.51. The number of carbonyl (C=O) groups is 3. The van der Waals surface area contributed by atoms with Gasteiger partial charge in [-0.3, -0.25) is 19.3 Å². The van der Waals surface area contributed by atoms with Crippen molar-refractivity contribution in [3.8, 4) is 5.88 Å². The summed E-state index contributed by atoms with van der Waals surface area (Å²) in [7, 11) is -3.32. The SMILES string of the molecule is CC(=O)N1CCN2C(=O)[C@@H]3C[C@@H](CN3Cc3ccc(S(C)(=O)=O)cc3)NC(=O)c3cccnc3OC[C@@H]2C1. The van der Waals surface area contributed by atoms with Gasteiger partial charge in [0.25, 0.3) is 5.91 Å². The van der Waals surface area contributed by atoms with Crippen LogP contribution in [0.3, 0.4) is 0 Å². The summed E-state index contributed by atoms with van der Waals surface area (Å²) >= 11 is 0. The number of rotatable bonds is 3. The van der Waals surface area contributed by atoms with E-state index in [1.165, 1.54) is 6.92 Å². The maximum atomic E-state index is 14.0. The van der Waals surface area contributed by atoms with Gasteiger partial charge < -0.3 is 19.9 Å². The van der Waals surface area contributed by atoms with E-state index in [-0.39, 0.29) is 41.1 Å². The van der Waals surface area contributed by atoms with Gasteiger partial charge in [0.2, 0.25) is 17.7 Å². The number of fused-ring (bicyclic) bond motifs is 4. The lowest BCUT2D eigenvalue weighted by molar-refractivity contribution is -0.146. The molecule has 0 radical (unpaired) electrons. The highest BCUT2D eigenvalue weighted by molar-refractivity contribution is 7.90. The predicted octanol–water partition coefficient (Wildman–Crippen LogP) is 0.310. The molecule has 11 nitrogen and oxygen atoms in total. The number of nitrogens with zero attached hydrogens (tertiary/aromatic N) is 4. The second kappa shape index (κ2) is 10.3. The monoisotopic (exact) mass is 541 g/mol. The lowest BCUT2D eigenvalue weighted by Gasteiger charge is -2.42. The van der Waals surface area contributed by atoms with Crippen LogP contribution in [0, 0.1) is 0 Å². The van der Waals surface area contributed by atoms with Crippen molar-refractivity contribution in [2.45, 2.75) is 42.9 Å². The van der Waals surface area contributed by atoms with Crippen molar-refractivity contribution in [1.82, 2.24) is 25.0 Å². The second-order valence-electron chi connectivity index (χ2n) is 10.1. The Balaban J connectivity index is 1.46. The molecular weight excluding hydrogens is 510 g/mol. The van der Waals surface area contributed by atoms with E-state index in [1.807, 2.05) is 4.90 Å². The van der Waals surface area contributed by atoms with Crippen LogP contribution in [0.5, 0.6) is 5.88 Å². The molecule has 0 aliphatic carbocycles. The van der Waals surface area contributed by atoms with E-state index in [1.54, 1.807) is 52.4 Å². The number of sulfone groups is 1. The normalized spacial score (nSPS) is 24.4. The molecule has 2 saturated heterocycles. The number of aromatic nitrogens is 1. The Kier molecular flexibility index (Phi) is 7.10. The number of amides is 3. The van der Waals surface area contributed by atoms with E-state index >= 15 is 0 Å². The molecule has 38 heavy (non-hydrogen) atoms. The van der Waals surface area contributed by atoms with Crippen LogP contribution >= 0.6 is 0 Å². The van der Waals surface area contributed by atoms with Crippen LogP contribution in [0.1, 0.15) is 29.3 Å². The maximum absolute atomic E-state index is 14.0. The van der Waals surface area contributed by atoms with Crippen LogP contribution in [0.25, 0.3) is 0 Å². The Bertz CT molecular complexity index is 1350. The highest BCUT2D eigenvalue weighted by Gasteiger charge is 2.43. The lowest BCUT2D eigenvalue weighted by atomic mass is 10.1. The zero-order valence-electron chi connectivity index (χ0n) is 21.4. The van der Waals surface area contributed by atoms with Gasteiger partial charge in [0.15, 0.2) is 9.84 Å². The van der Waals surface area contributed by atoms with Crippen LogP contribution in [0.15, 0.2) is 47.5 Å². The summed E-state index contributed by atoms with van der Waals surface area (Å²) in [6, 6.07) is 8.80. The first-order chi connectivity index (χ1) is 18.1. The molecule has 2 bridgehead atoms. The fraction of sp³-hybridized carbons (Fsp3) is 0.462. The van der Waals surface area contributed by atoms with Crippen LogP contribution in [0.2, 0.25) is 0 Å². The molecule has 3 amide bonds. The van der Waals surface area contributed by atoms with Gasteiger partial charge in [-0.1, -0.05) is 12.1 Å². The van der Waals surface area contributed by atoms with Crippen molar-refractivity contribution in [3.63, 3.8) is 0 Å². The standard InChI is InChI=1S/C26H31N5O6S/c1-17(32)29-10-11-31-20(15-29)16-37-25-22(4-3-9-27-25)24(33)28-19-12-23(26(31)34)30(14-19)13-18-5-7-21(8-6-18)38(2,35)36/h3-9,19-20,23H,10-16H2,1-2H3,(H,28,33)/t19-,20-,23-/m0/s1. The number of carbonyl (C=O) groups excluding carboxylic acids is 3.